The second-order valence-corrected chi connectivity index (χ2v) is 9.49. The van der Waals surface area contributed by atoms with Crippen molar-refractivity contribution in [2.45, 2.75) is 0 Å². The molecule has 3 aromatic heterocycles. The van der Waals surface area contributed by atoms with Crippen molar-refractivity contribution in [1.82, 2.24) is 14.4 Å². The topological polar surface area (TPSA) is 30.2 Å². The van der Waals surface area contributed by atoms with Gasteiger partial charge in [0.25, 0.3) is 0 Å². The maximum Gasteiger partial charge on any atom is 0.165 e. The molecular weight excluding hydrogens is 450 g/mol. The highest BCUT2D eigenvalue weighted by molar-refractivity contribution is 6.19. The van der Waals surface area contributed by atoms with Crippen LogP contribution in [0.25, 0.3) is 71.6 Å². The third-order valence-electron chi connectivity index (χ3n) is 7.32. The lowest BCUT2D eigenvalue weighted by molar-refractivity contribution is 1.21. The molecule has 5 aromatic carbocycles. The van der Waals surface area contributed by atoms with Gasteiger partial charge in [-0.3, -0.25) is 4.40 Å². The second kappa shape index (κ2) is 7.74. The smallest absolute Gasteiger partial charge is 0.165 e. The molecule has 3 nitrogen and oxygen atoms in total. The summed E-state index contributed by atoms with van der Waals surface area (Å²) in [6.45, 7) is 0. The summed E-state index contributed by atoms with van der Waals surface area (Å²) >= 11 is 0. The van der Waals surface area contributed by atoms with Crippen molar-refractivity contribution in [1.29, 1.82) is 0 Å². The number of para-hydroxylation sites is 2. The Bertz CT molecular complexity index is 1970. The Labute approximate surface area is 213 Å². The number of aromatic nitrogens is 3. The molecule has 3 heteroatoms. The average Bonchev–Trinajstić information content (AvgIpc) is 3.38. The molecule has 3 heterocycles. The van der Waals surface area contributed by atoms with Gasteiger partial charge in [0.05, 0.1) is 22.2 Å². The van der Waals surface area contributed by atoms with Gasteiger partial charge < -0.3 is 0 Å². The van der Waals surface area contributed by atoms with Crippen LogP contribution in [0.5, 0.6) is 0 Å². The average molecular weight is 472 g/mol. The SMILES string of the molecule is c1ccc(-c2cc(-c3ccccc3)n3c4nc5ccccc5nc4c4cc5ccccc5cc4c23)cc1. The minimum absolute atomic E-state index is 0.873. The van der Waals surface area contributed by atoms with Gasteiger partial charge in [0, 0.05) is 16.3 Å². The van der Waals surface area contributed by atoms with E-state index in [4.69, 9.17) is 9.97 Å². The number of rotatable bonds is 2. The molecule has 0 bridgehead atoms. The molecule has 0 amide bonds. The van der Waals surface area contributed by atoms with Crippen LogP contribution in [0, 0.1) is 0 Å². The highest BCUT2D eigenvalue weighted by Crippen LogP contribution is 2.41. The van der Waals surface area contributed by atoms with E-state index in [2.05, 4.69) is 108 Å². The Balaban J connectivity index is 1.68. The monoisotopic (exact) mass is 471 g/mol. The van der Waals surface area contributed by atoms with Gasteiger partial charge in [-0.1, -0.05) is 97.1 Å². The number of fused-ring (bicyclic) bond motifs is 8. The summed E-state index contributed by atoms with van der Waals surface area (Å²) in [7, 11) is 0. The Morgan fingerprint density at radius 1 is 0.486 bits per heavy atom. The summed E-state index contributed by atoms with van der Waals surface area (Å²) in [5.41, 5.74) is 9.38. The Morgan fingerprint density at radius 2 is 1.05 bits per heavy atom. The number of benzene rings is 5. The molecule has 0 aliphatic carbocycles. The summed E-state index contributed by atoms with van der Waals surface area (Å²) in [5, 5.41) is 4.71. The maximum atomic E-state index is 5.23. The van der Waals surface area contributed by atoms with Gasteiger partial charge in [-0.15, -0.1) is 0 Å². The minimum Gasteiger partial charge on any atom is -0.291 e. The second-order valence-electron chi connectivity index (χ2n) is 9.49. The Morgan fingerprint density at radius 3 is 1.76 bits per heavy atom. The van der Waals surface area contributed by atoms with Crippen LogP contribution < -0.4 is 0 Å². The molecular formula is C34H21N3. The van der Waals surface area contributed by atoms with Gasteiger partial charge in [0.15, 0.2) is 5.65 Å². The van der Waals surface area contributed by atoms with Gasteiger partial charge in [-0.25, -0.2) is 9.97 Å². The number of hydrogen-bond donors (Lipinski definition) is 0. The van der Waals surface area contributed by atoms with Gasteiger partial charge >= 0.3 is 0 Å². The molecule has 0 N–H and O–H groups in total. The number of hydrogen-bond acceptors (Lipinski definition) is 2. The molecule has 8 aromatic rings. The normalized spacial score (nSPS) is 11.8. The van der Waals surface area contributed by atoms with E-state index in [9.17, 15) is 0 Å². The van der Waals surface area contributed by atoms with E-state index >= 15 is 0 Å². The van der Waals surface area contributed by atoms with Crippen LogP contribution in [-0.4, -0.2) is 14.4 Å². The molecule has 0 aliphatic rings. The van der Waals surface area contributed by atoms with Gasteiger partial charge in [0.2, 0.25) is 0 Å². The molecule has 0 saturated carbocycles. The molecule has 0 saturated heterocycles. The Kier molecular flexibility index (Phi) is 4.23. The minimum atomic E-state index is 0.873. The van der Waals surface area contributed by atoms with E-state index in [1.165, 1.54) is 27.3 Å². The third-order valence-corrected chi connectivity index (χ3v) is 7.32. The molecule has 0 unspecified atom stereocenters. The lowest BCUT2D eigenvalue weighted by Crippen LogP contribution is -1.99. The molecule has 8 rings (SSSR count). The lowest BCUT2D eigenvalue weighted by Gasteiger charge is -2.14. The first-order chi connectivity index (χ1) is 18.3. The highest BCUT2D eigenvalue weighted by Gasteiger charge is 2.21. The molecule has 0 atom stereocenters. The summed E-state index contributed by atoms with van der Waals surface area (Å²) < 4.78 is 2.32. The van der Waals surface area contributed by atoms with Crippen LogP contribution >= 0.6 is 0 Å². The zero-order chi connectivity index (χ0) is 24.3. The van der Waals surface area contributed by atoms with E-state index in [-0.39, 0.29) is 0 Å². The fraction of sp³-hybridized carbons (Fsp3) is 0. The van der Waals surface area contributed by atoms with E-state index in [0.29, 0.717) is 0 Å². The Hall–Kier alpha value is -5.02. The van der Waals surface area contributed by atoms with Crippen LogP contribution in [0.1, 0.15) is 0 Å². The first-order valence-corrected chi connectivity index (χ1v) is 12.5. The van der Waals surface area contributed by atoms with Crippen LogP contribution in [0.3, 0.4) is 0 Å². The highest BCUT2D eigenvalue weighted by atomic mass is 15.0. The van der Waals surface area contributed by atoms with E-state index in [1.54, 1.807) is 0 Å². The largest absolute Gasteiger partial charge is 0.291 e. The standard InChI is InChI=1S/C34H21N3/c1-3-11-22(12-4-1)26-21-31(23-13-5-2-6-14-23)37-33(26)28-20-25-16-8-7-15-24(25)19-27(28)32-34(37)36-30-18-10-9-17-29(30)35-32/h1-21H. The molecule has 0 spiro atoms. The van der Waals surface area contributed by atoms with Crippen LogP contribution in [0.4, 0.5) is 0 Å². The maximum absolute atomic E-state index is 5.23. The first-order valence-electron chi connectivity index (χ1n) is 12.5. The van der Waals surface area contributed by atoms with Crippen molar-refractivity contribution in [3.05, 3.63) is 127 Å². The zero-order valence-corrected chi connectivity index (χ0v) is 20.0. The zero-order valence-electron chi connectivity index (χ0n) is 20.0. The van der Waals surface area contributed by atoms with Crippen molar-refractivity contribution in [2.75, 3.05) is 0 Å². The number of nitrogens with zero attached hydrogens (tertiary/aromatic N) is 3. The molecule has 0 aliphatic heterocycles. The fourth-order valence-electron chi connectivity index (χ4n) is 5.61. The van der Waals surface area contributed by atoms with Crippen molar-refractivity contribution in [3.63, 3.8) is 0 Å². The summed E-state index contributed by atoms with van der Waals surface area (Å²) in [6.07, 6.45) is 0. The van der Waals surface area contributed by atoms with Crippen LogP contribution in [0.15, 0.2) is 127 Å². The summed E-state index contributed by atoms with van der Waals surface area (Å²) in [6, 6.07) is 44.8. The van der Waals surface area contributed by atoms with Crippen LogP contribution in [0.2, 0.25) is 0 Å². The van der Waals surface area contributed by atoms with Gasteiger partial charge in [0.1, 0.15) is 5.52 Å². The molecule has 172 valence electrons. The fourth-order valence-corrected chi connectivity index (χ4v) is 5.61. The molecule has 0 radical (unpaired) electrons. The van der Waals surface area contributed by atoms with Crippen molar-refractivity contribution < 1.29 is 0 Å². The van der Waals surface area contributed by atoms with Gasteiger partial charge in [-0.05, 0) is 52.2 Å². The summed E-state index contributed by atoms with van der Waals surface area (Å²) in [4.78, 5) is 10.4. The quantitative estimate of drug-likeness (QED) is 0.186. The van der Waals surface area contributed by atoms with Crippen molar-refractivity contribution in [3.8, 4) is 22.4 Å². The summed E-state index contributed by atoms with van der Waals surface area (Å²) in [5.74, 6) is 0. The van der Waals surface area contributed by atoms with E-state index in [1.807, 2.05) is 24.3 Å². The first kappa shape index (κ1) is 20.2. The van der Waals surface area contributed by atoms with E-state index < -0.39 is 0 Å². The lowest BCUT2D eigenvalue weighted by atomic mass is 9.99. The number of pyridine rings is 1. The molecule has 0 fully saturated rings. The third kappa shape index (κ3) is 3.01. The van der Waals surface area contributed by atoms with E-state index in [0.717, 1.165) is 44.4 Å². The van der Waals surface area contributed by atoms with Crippen molar-refractivity contribution >= 4 is 49.3 Å². The predicted octanol–water partition coefficient (Wildman–Crippen LogP) is 8.68. The molecule has 37 heavy (non-hydrogen) atoms. The predicted molar refractivity (Wildman–Crippen MR) is 154 cm³/mol. The van der Waals surface area contributed by atoms with Crippen molar-refractivity contribution in [2.24, 2.45) is 0 Å². The van der Waals surface area contributed by atoms with Crippen LogP contribution in [-0.2, 0) is 0 Å². The van der Waals surface area contributed by atoms with Gasteiger partial charge in [-0.2, -0.15) is 0 Å².